The number of carbonyl (C=O) groups excluding carboxylic acids is 2. The van der Waals surface area contributed by atoms with Gasteiger partial charge < -0.3 is 9.64 Å². The molecular formula is C18H22N3O5S+. The lowest BCUT2D eigenvalue weighted by Gasteiger charge is -2.31. The second kappa shape index (κ2) is 8.03. The molecule has 8 nitrogen and oxygen atoms in total. The van der Waals surface area contributed by atoms with E-state index in [2.05, 4.69) is 10.1 Å². The van der Waals surface area contributed by atoms with Gasteiger partial charge in [-0.1, -0.05) is 30.3 Å². The molecule has 1 saturated heterocycles. The van der Waals surface area contributed by atoms with E-state index in [9.17, 15) is 18.0 Å². The van der Waals surface area contributed by atoms with Crippen molar-refractivity contribution in [1.29, 1.82) is 0 Å². The summed E-state index contributed by atoms with van der Waals surface area (Å²) in [5.41, 5.74) is 0. The van der Waals surface area contributed by atoms with Gasteiger partial charge in [0.15, 0.2) is 6.54 Å². The minimum absolute atomic E-state index is 0.0962. The molecule has 0 atom stereocenters. The lowest BCUT2D eigenvalue weighted by atomic mass is 10.1. The highest BCUT2D eigenvalue weighted by atomic mass is 32.2. The molecule has 0 aromatic heterocycles. The lowest BCUT2D eigenvalue weighted by Crippen LogP contribution is -3.15. The van der Waals surface area contributed by atoms with Gasteiger partial charge in [0.2, 0.25) is 10.0 Å². The lowest BCUT2D eigenvalue weighted by molar-refractivity contribution is -0.895. The SMILES string of the molecule is COC(=O)NC(=O)C[NH+]1CCN(S(=O)(=O)c2ccc3ccccc3c2)CC1. The maximum Gasteiger partial charge on any atom is 0.413 e. The molecule has 1 aliphatic rings. The zero-order chi connectivity index (χ0) is 19.4. The Morgan fingerprint density at radius 1 is 1.11 bits per heavy atom. The molecule has 0 bridgehead atoms. The summed E-state index contributed by atoms with van der Waals surface area (Å²) in [7, 11) is -2.40. The van der Waals surface area contributed by atoms with Crippen LogP contribution in [0.5, 0.6) is 0 Å². The third kappa shape index (κ3) is 4.44. The van der Waals surface area contributed by atoms with Gasteiger partial charge in [0.1, 0.15) is 0 Å². The first-order valence-corrected chi connectivity index (χ1v) is 10.0. The largest absolute Gasteiger partial charge is 0.453 e. The second-order valence-electron chi connectivity index (χ2n) is 6.38. The van der Waals surface area contributed by atoms with Gasteiger partial charge in [0.25, 0.3) is 5.91 Å². The summed E-state index contributed by atoms with van der Waals surface area (Å²) in [6.45, 7) is 1.70. The molecule has 1 aliphatic heterocycles. The van der Waals surface area contributed by atoms with Gasteiger partial charge in [-0.2, -0.15) is 4.31 Å². The van der Waals surface area contributed by atoms with Crippen LogP contribution < -0.4 is 10.2 Å². The monoisotopic (exact) mass is 392 g/mol. The van der Waals surface area contributed by atoms with Gasteiger partial charge in [-0.3, -0.25) is 10.1 Å². The quantitative estimate of drug-likeness (QED) is 0.739. The second-order valence-corrected chi connectivity index (χ2v) is 8.32. The highest BCUT2D eigenvalue weighted by molar-refractivity contribution is 7.89. The molecule has 9 heteroatoms. The van der Waals surface area contributed by atoms with Gasteiger partial charge in [0, 0.05) is 0 Å². The number of nitrogens with zero attached hydrogens (tertiary/aromatic N) is 1. The van der Waals surface area contributed by atoms with Crippen LogP contribution in [0, 0.1) is 0 Å². The van der Waals surface area contributed by atoms with Gasteiger partial charge in [-0.15, -0.1) is 0 Å². The average Bonchev–Trinajstić information content (AvgIpc) is 2.67. The fourth-order valence-corrected chi connectivity index (χ4v) is 4.61. The molecule has 2 amide bonds. The molecule has 1 fully saturated rings. The number of carbonyl (C=O) groups is 2. The van der Waals surface area contributed by atoms with Crippen LogP contribution in [-0.4, -0.2) is 64.6 Å². The Labute approximate surface area is 157 Å². The van der Waals surface area contributed by atoms with E-state index in [1.807, 2.05) is 24.3 Å². The van der Waals surface area contributed by atoms with Crippen LogP contribution >= 0.6 is 0 Å². The summed E-state index contributed by atoms with van der Waals surface area (Å²) in [4.78, 5) is 24.0. The van der Waals surface area contributed by atoms with Crippen molar-refractivity contribution in [2.45, 2.75) is 4.90 Å². The maximum atomic E-state index is 12.9. The number of piperazine rings is 1. The van der Waals surface area contributed by atoms with Crippen molar-refractivity contribution < 1.29 is 27.6 Å². The van der Waals surface area contributed by atoms with Crippen molar-refractivity contribution in [3.05, 3.63) is 42.5 Å². The predicted octanol–water partition coefficient (Wildman–Crippen LogP) is -0.388. The number of nitrogens with one attached hydrogen (secondary N) is 2. The Kier molecular flexibility index (Phi) is 5.73. The Balaban J connectivity index is 1.64. The number of methoxy groups -OCH3 is 1. The maximum absolute atomic E-state index is 12.9. The van der Waals surface area contributed by atoms with Crippen molar-refractivity contribution in [3.8, 4) is 0 Å². The number of benzene rings is 2. The summed E-state index contributed by atoms with van der Waals surface area (Å²) in [5, 5.41) is 3.97. The molecule has 2 aromatic carbocycles. The predicted molar refractivity (Wildman–Crippen MR) is 98.8 cm³/mol. The average molecular weight is 392 g/mol. The smallest absolute Gasteiger partial charge is 0.413 e. The first kappa shape index (κ1) is 19.3. The molecule has 0 radical (unpaired) electrons. The van der Waals surface area contributed by atoms with Crippen LogP contribution in [0.3, 0.4) is 0 Å². The summed E-state index contributed by atoms with van der Waals surface area (Å²) < 4.78 is 31.7. The van der Waals surface area contributed by atoms with E-state index < -0.39 is 22.0 Å². The van der Waals surface area contributed by atoms with Crippen molar-refractivity contribution in [2.24, 2.45) is 0 Å². The van der Waals surface area contributed by atoms with E-state index in [-0.39, 0.29) is 11.4 Å². The number of quaternary nitrogens is 1. The number of rotatable bonds is 4. The van der Waals surface area contributed by atoms with Crippen LogP contribution in [0.1, 0.15) is 0 Å². The normalized spacial score (nSPS) is 16.2. The molecule has 27 heavy (non-hydrogen) atoms. The van der Waals surface area contributed by atoms with E-state index in [1.54, 1.807) is 18.2 Å². The van der Waals surface area contributed by atoms with Gasteiger partial charge in [0.05, 0.1) is 38.2 Å². The van der Waals surface area contributed by atoms with Crippen molar-refractivity contribution in [1.82, 2.24) is 9.62 Å². The molecule has 2 N–H and O–H groups in total. The Hall–Kier alpha value is -2.49. The molecule has 0 saturated carbocycles. The van der Waals surface area contributed by atoms with E-state index in [0.29, 0.717) is 26.2 Å². The van der Waals surface area contributed by atoms with E-state index in [4.69, 9.17) is 0 Å². The third-order valence-electron chi connectivity index (χ3n) is 4.63. The van der Waals surface area contributed by atoms with Gasteiger partial charge in [-0.05, 0) is 22.9 Å². The molecule has 0 unspecified atom stereocenters. The molecule has 0 aliphatic carbocycles. The topological polar surface area (TPSA) is 97.2 Å². The van der Waals surface area contributed by atoms with E-state index in [0.717, 1.165) is 15.7 Å². The Morgan fingerprint density at radius 2 is 1.78 bits per heavy atom. The van der Waals surface area contributed by atoms with Gasteiger partial charge >= 0.3 is 6.09 Å². The summed E-state index contributed by atoms with van der Waals surface area (Å²) >= 11 is 0. The number of hydrogen-bond donors (Lipinski definition) is 2. The highest BCUT2D eigenvalue weighted by Gasteiger charge is 2.31. The van der Waals surface area contributed by atoms with E-state index in [1.165, 1.54) is 11.4 Å². The number of alkyl carbamates (subject to hydrolysis) is 1. The number of ether oxygens (including phenoxy) is 1. The third-order valence-corrected chi connectivity index (χ3v) is 6.52. The van der Waals surface area contributed by atoms with E-state index >= 15 is 0 Å². The summed E-state index contributed by atoms with van der Waals surface area (Å²) in [6, 6.07) is 12.7. The molecular weight excluding hydrogens is 370 g/mol. The minimum Gasteiger partial charge on any atom is -0.453 e. The molecule has 0 spiro atoms. The Bertz CT molecular complexity index is 952. The van der Waals surface area contributed by atoms with Crippen LogP contribution in [-0.2, 0) is 19.6 Å². The van der Waals surface area contributed by atoms with Crippen molar-refractivity contribution >= 4 is 32.8 Å². The van der Waals surface area contributed by atoms with Crippen LogP contribution in [0.4, 0.5) is 4.79 Å². The molecule has 1 heterocycles. The van der Waals surface area contributed by atoms with Crippen molar-refractivity contribution in [2.75, 3.05) is 39.8 Å². The molecule has 3 rings (SSSR count). The standard InChI is InChI=1S/C18H21N3O5S/c1-26-18(23)19-17(22)13-20-8-10-21(11-9-20)27(24,25)16-7-6-14-4-2-3-5-15(14)12-16/h2-7,12H,8-11,13H2,1H3,(H,19,22,23)/p+1. The van der Waals surface area contributed by atoms with Crippen LogP contribution in [0.25, 0.3) is 10.8 Å². The first-order valence-electron chi connectivity index (χ1n) is 8.60. The summed E-state index contributed by atoms with van der Waals surface area (Å²) in [5.74, 6) is -0.442. The number of sulfonamides is 1. The number of fused-ring (bicyclic) bond motifs is 1. The first-order chi connectivity index (χ1) is 12.9. The van der Waals surface area contributed by atoms with Gasteiger partial charge in [-0.25, -0.2) is 13.2 Å². The van der Waals surface area contributed by atoms with Crippen LogP contribution in [0.15, 0.2) is 47.4 Å². The zero-order valence-electron chi connectivity index (χ0n) is 15.0. The van der Waals surface area contributed by atoms with Crippen molar-refractivity contribution in [3.63, 3.8) is 0 Å². The number of imide groups is 1. The molecule has 144 valence electrons. The zero-order valence-corrected chi connectivity index (χ0v) is 15.8. The Morgan fingerprint density at radius 3 is 2.44 bits per heavy atom. The fraction of sp³-hybridized carbons (Fsp3) is 0.333. The minimum atomic E-state index is -3.58. The number of amides is 2. The summed E-state index contributed by atoms with van der Waals surface area (Å²) in [6.07, 6.45) is -0.795. The van der Waals surface area contributed by atoms with Crippen LogP contribution in [0.2, 0.25) is 0 Å². The number of hydrogen-bond acceptors (Lipinski definition) is 5. The fourth-order valence-electron chi connectivity index (χ4n) is 3.13. The molecule has 2 aromatic rings. The highest BCUT2D eigenvalue weighted by Crippen LogP contribution is 2.21.